The van der Waals surface area contributed by atoms with Crippen molar-refractivity contribution in [3.05, 3.63) is 143 Å². The van der Waals surface area contributed by atoms with Gasteiger partial charge in [-0.05, 0) is 87.9 Å². The number of carbonyl (C=O) groups is 2. The first-order valence-corrected chi connectivity index (χ1v) is 22.3. The fraction of sp³-hybridized carbons (Fsp3) is 0.386. The number of hydrazone groups is 1. The highest BCUT2D eigenvalue weighted by atomic mass is 32.2. The van der Waals surface area contributed by atoms with Crippen LogP contribution < -0.4 is 5.32 Å². The molecule has 0 spiro atoms. The summed E-state index contributed by atoms with van der Waals surface area (Å²) in [5.41, 5.74) is 2.77. The van der Waals surface area contributed by atoms with Crippen molar-refractivity contribution < 1.29 is 23.1 Å². The molecule has 0 bridgehead atoms. The molecule has 10 heteroatoms. The SMILES string of the molecule is CC(O[Si](C)(C)C(c1ccccc1)(c1ccccc1)C(C)(C)C)C(=O)N1N=C(c2cccc(F)c2)SC1(CCCNC(=O)OC(C)(C)C)c1ccccc1. The second kappa shape index (κ2) is 16.2. The molecule has 2 amide bonds. The zero-order valence-electron chi connectivity index (χ0n) is 33.0. The van der Waals surface area contributed by atoms with Gasteiger partial charge in [0.2, 0.25) is 8.32 Å². The predicted octanol–water partition coefficient (Wildman–Crippen LogP) is 10.4. The monoisotopic (exact) mass is 767 g/mol. The van der Waals surface area contributed by atoms with E-state index in [0.29, 0.717) is 30.0 Å². The van der Waals surface area contributed by atoms with Gasteiger partial charge in [0.25, 0.3) is 5.91 Å². The lowest BCUT2D eigenvalue weighted by molar-refractivity contribution is -0.142. The van der Waals surface area contributed by atoms with Gasteiger partial charge < -0.3 is 14.5 Å². The van der Waals surface area contributed by atoms with E-state index < -0.39 is 41.8 Å². The van der Waals surface area contributed by atoms with Crippen molar-refractivity contribution >= 4 is 37.1 Å². The summed E-state index contributed by atoms with van der Waals surface area (Å²) in [7, 11) is -2.97. The van der Waals surface area contributed by atoms with Gasteiger partial charge in [0.15, 0.2) is 0 Å². The maximum Gasteiger partial charge on any atom is 0.407 e. The summed E-state index contributed by atoms with van der Waals surface area (Å²) >= 11 is 1.42. The largest absolute Gasteiger partial charge is 0.444 e. The van der Waals surface area contributed by atoms with Crippen LogP contribution in [0.25, 0.3) is 0 Å². The van der Waals surface area contributed by atoms with E-state index in [0.717, 1.165) is 16.7 Å². The van der Waals surface area contributed by atoms with Crippen LogP contribution in [-0.4, -0.2) is 48.6 Å². The Bertz CT molecular complexity index is 1890. The van der Waals surface area contributed by atoms with Gasteiger partial charge in [0.1, 0.15) is 27.4 Å². The molecular formula is C44H54FN3O4SSi. The second-order valence-corrected chi connectivity index (χ2v) is 21.6. The highest BCUT2D eigenvalue weighted by Crippen LogP contribution is 2.54. The number of amides is 2. The van der Waals surface area contributed by atoms with Crippen LogP contribution in [0.4, 0.5) is 9.18 Å². The normalized spacial score (nSPS) is 17.1. The third-order valence-electron chi connectivity index (χ3n) is 9.93. The van der Waals surface area contributed by atoms with Crippen LogP contribution in [-0.2, 0) is 23.9 Å². The number of alkyl carbamates (subject to hydrolysis) is 1. The number of nitrogens with one attached hydrogen (secondary N) is 1. The van der Waals surface area contributed by atoms with Crippen molar-refractivity contribution in [3.63, 3.8) is 0 Å². The quantitative estimate of drug-likeness (QED) is 0.115. The average Bonchev–Trinajstić information content (AvgIpc) is 3.50. The predicted molar refractivity (Wildman–Crippen MR) is 220 cm³/mol. The van der Waals surface area contributed by atoms with Gasteiger partial charge in [-0.2, -0.15) is 5.10 Å². The number of ether oxygens (including phenoxy) is 1. The summed E-state index contributed by atoms with van der Waals surface area (Å²) in [5.74, 6) is -0.695. The summed E-state index contributed by atoms with van der Waals surface area (Å²) in [4.78, 5) is 26.7. The second-order valence-electron chi connectivity index (χ2n) is 16.4. The zero-order chi connectivity index (χ0) is 39.4. The first kappa shape index (κ1) is 40.9. The number of thioether (sulfide) groups is 1. The Hall–Kier alpha value is -4.25. The van der Waals surface area contributed by atoms with E-state index in [9.17, 15) is 9.18 Å². The van der Waals surface area contributed by atoms with Crippen LogP contribution in [0, 0.1) is 11.2 Å². The molecule has 0 saturated carbocycles. The van der Waals surface area contributed by atoms with E-state index in [4.69, 9.17) is 14.3 Å². The maximum absolute atomic E-state index is 15.1. The number of benzene rings is 4. The van der Waals surface area contributed by atoms with Gasteiger partial charge in [0, 0.05) is 17.1 Å². The molecule has 7 nitrogen and oxygen atoms in total. The Balaban J connectivity index is 1.57. The van der Waals surface area contributed by atoms with Gasteiger partial charge >= 0.3 is 6.09 Å². The van der Waals surface area contributed by atoms with Crippen LogP contribution in [0.2, 0.25) is 13.1 Å². The van der Waals surface area contributed by atoms with Crippen molar-refractivity contribution in [3.8, 4) is 0 Å². The van der Waals surface area contributed by atoms with Gasteiger partial charge in [-0.3, -0.25) is 4.79 Å². The molecule has 5 rings (SSSR count). The Morgan fingerprint density at radius 1 is 0.852 bits per heavy atom. The van der Waals surface area contributed by atoms with Crippen molar-refractivity contribution in [2.75, 3.05) is 6.54 Å². The fourth-order valence-electron chi connectivity index (χ4n) is 8.13. The molecule has 4 aromatic rings. The highest BCUT2D eigenvalue weighted by Gasteiger charge is 2.59. The highest BCUT2D eigenvalue weighted by molar-refractivity contribution is 8.15. The van der Waals surface area contributed by atoms with E-state index in [2.05, 4.69) is 87.7 Å². The standard InChI is InChI=1S/C44H54FN3O4SSi/c1-32(52-54(8,9)44(41(2,3)4,35-24-15-11-16-25-35)36-26-17-12-18-27-36)39(49)48-43(34-22-13-10-14-23-34,29-20-30-46-40(50)51-42(5,6)7)53-38(47-48)33-21-19-28-37(45)31-33/h10-19,21-28,31-32H,20,29-30H2,1-9H3,(H,46,50). The van der Waals surface area contributed by atoms with Crippen LogP contribution in [0.15, 0.2) is 120 Å². The minimum atomic E-state index is -2.97. The summed E-state index contributed by atoms with van der Waals surface area (Å²) < 4.78 is 27.3. The molecule has 0 aliphatic carbocycles. The van der Waals surface area contributed by atoms with Crippen LogP contribution >= 0.6 is 11.8 Å². The van der Waals surface area contributed by atoms with E-state index in [1.807, 2.05) is 70.2 Å². The van der Waals surface area contributed by atoms with E-state index in [-0.39, 0.29) is 11.3 Å². The van der Waals surface area contributed by atoms with Crippen LogP contribution in [0.5, 0.6) is 0 Å². The average molecular weight is 768 g/mol. The minimum Gasteiger partial charge on any atom is -0.444 e. The molecule has 2 unspecified atom stereocenters. The summed E-state index contributed by atoms with van der Waals surface area (Å²) in [6, 6.07) is 37.0. The third kappa shape index (κ3) is 8.51. The molecule has 1 heterocycles. The molecule has 286 valence electrons. The lowest BCUT2D eigenvalue weighted by Crippen LogP contribution is -2.63. The number of halogens is 1. The molecule has 2 atom stereocenters. The molecule has 1 aliphatic rings. The number of carbonyl (C=O) groups excluding carboxylic acids is 2. The van der Waals surface area contributed by atoms with Crippen molar-refractivity contribution in [1.29, 1.82) is 0 Å². The number of nitrogens with zero attached hydrogens (tertiary/aromatic N) is 2. The molecule has 1 aliphatic heterocycles. The summed E-state index contributed by atoms with van der Waals surface area (Å²) in [6.07, 6.45) is -0.464. The number of rotatable bonds is 12. The lowest BCUT2D eigenvalue weighted by Gasteiger charge is -2.54. The molecular weight excluding hydrogens is 714 g/mol. The van der Waals surface area contributed by atoms with Crippen LogP contribution in [0.1, 0.15) is 83.6 Å². The molecule has 0 radical (unpaired) electrons. The fourth-order valence-corrected chi connectivity index (χ4v) is 14.2. The Labute approximate surface area is 325 Å². The van der Waals surface area contributed by atoms with Crippen molar-refractivity contribution in [2.24, 2.45) is 10.5 Å². The Morgan fingerprint density at radius 2 is 1.41 bits per heavy atom. The molecule has 0 fully saturated rings. The minimum absolute atomic E-state index is 0.303. The summed E-state index contributed by atoms with van der Waals surface area (Å²) in [6.45, 7) is 18.7. The third-order valence-corrected chi connectivity index (χ3v) is 15.5. The van der Waals surface area contributed by atoms with Gasteiger partial charge in [0.05, 0.1) is 0 Å². The molecule has 1 N–H and O–H groups in total. The number of hydrogen-bond acceptors (Lipinski definition) is 6. The summed E-state index contributed by atoms with van der Waals surface area (Å²) in [5, 5.41) is 9.37. The molecule has 54 heavy (non-hydrogen) atoms. The maximum atomic E-state index is 15.1. The van der Waals surface area contributed by atoms with Gasteiger partial charge in [-0.25, -0.2) is 14.2 Å². The first-order valence-electron chi connectivity index (χ1n) is 18.6. The number of hydrogen-bond donors (Lipinski definition) is 1. The zero-order valence-corrected chi connectivity index (χ0v) is 34.8. The Morgan fingerprint density at radius 3 is 1.93 bits per heavy atom. The van der Waals surface area contributed by atoms with Crippen molar-refractivity contribution in [2.45, 2.75) is 96.0 Å². The topological polar surface area (TPSA) is 80.2 Å². The van der Waals surface area contributed by atoms with E-state index in [1.165, 1.54) is 23.9 Å². The molecule has 0 aromatic heterocycles. The lowest BCUT2D eigenvalue weighted by atomic mass is 9.71. The molecule has 4 aromatic carbocycles. The Kier molecular flexibility index (Phi) is 12.3. The van der Waals surface area contributed by atoms with Crippen molar-refractivity contribution in [1.82, 2.24) is 10.3 Å². The van der Waals surface area contributed by atoms with E-state index in [1.54, 1.807) is 17.1 Å². The van der Waals surface area contributed by atoms with Crippen LogP contribution in [0.3, 0.4) is 0 Å². The van der Waals surface area contributed by atoms with Gasteiger partial charge in [-0.15, -0.1) is 0 Å². The smallest absolute Gasteiger partial charge is 0.407 e. The molecule has 0 saturated heterocycles. The van der Waals surface area contributed by atoms with E-state index >= 15 is 4.79 Å². The first-order chi connectivity index (χ1) is 25.4. The van der Waals surface area contributed by atoms with Gasteiger partial charge in [-0.1, -0.05) is 136 Å².